The lowest BCUT2D eigenvalue weighted by atomic mass is 9.95. The zero-order valence-electron chi connectivity index (χ0n) is 18.2. The topological polar surface area (TPSA) is 62.2 Å². The van der Waals surface area contributed by atoms with Crippen molar-refractivity contribution >= 4 is 17.1 Å². The van der Waals surface area contributed by atoms with Crippen LogP contribution in [0, 0.1) is 23.3 Å². The second kappa shape index (κ2) is 9.63. The van der Waals surface area contributed by atoms with Gasteiger partial charge in [-0.3, -0.25) is 0 Å². The fourth-order valence-electron chi connectivity index (χ4n) is 3.99. The summed E-state index contributed by atoms with van der Waals surface area (Å²) in [5.41, 5.74) is -1.25. The van der Waals surface area contributed by atoms with Gasteiger partial charge in [-0.2, -0.15) is 13.2 Å². The Labute approximate surface area is 199 Å². The van der Waals surface area contributed by atoms with Gasteiger partial charge in [-0.1, -0.05) is 6.07 Å². The van der Waals surface area contributed by atoms with Crippen LogP contribution in [0.2, 0.25) is 0 Å². The minimum Gasteiger partial charge on any atom is -0.545 e. The highest BCUT2D eigenvalue weighted by Crippen LogP contribution is 2.44. The van der Waals surface area contributed by atoms with Crippen molar-refractivity contribution in [3.63, 3.8) is 0 Å². The van der Waals surface area contributed by atoms with E-state index in [1.165, 1.54) is 6.07 Å². The summed E-state index contributed by atoms with van der Waals surface area (Å²) in [5.74, 6) is -6.99. The SMILES string of the molecule is O=C([O-])c1cc(C2=C(c3cc(C(F)(F)F)cnc3OCc3cc(F)c(F)cc3F)CCC2)ccc1F. The van der Waals surface area contributed by atoms with E-state index in [2.05, 4.69) is 4.98 Å². The van der Waals surface area contributed by atoms with Crippen LogP contribution in [-0.2, 0) is 12.8 Å². The summed E-state index contributed by atoms with van der Waals surface area (Å²) in [6.07, 6.45) is -3.17. The molecule has 0 fully saturated rings. The van der Waals surface area contributed by atoms with Gasteiger partial charge in [0.2, 0.25) is 5.88 Å². The lowest BCUT2D eigenvalue weighted by Gasteiger charge is -2.17. The number of carboxylic acid groups (broad SMARTS) is 1. The van der Waals surface area contributed by atoms with Crippen LogP contribution in [0.5, 0.6) is 5.88 Å². The maximum Gasteiger partial charge on any atom is 0.417 e. The number of nitrogens with zero attached hydrogens (tertiary/aromatic N) is 1. The van der Waals surface area contributed by atoms with Crippen molar-refractivity contribution in [1.29, 1.82) is 0 Å². The van der Waals surface area contributed by atoms with Crippen molar-refractivity contribution in [3.8, 4) is 5.88 Å². The molecule has 0 saturated carbocycles. The van der Waals surface area contributed by atoms with Gasteiger partial charge in [0.15, 0.2) is 11.6 Å². The summed E-state index contributed by atoms with van der Waals surface area (Å²) in [6, 6.07) is 4.90. The third kappa shape index (κ3) is 5.05. The molecule has 0 saturated heterocycles. The zero-order chi connectivity index (χ0) is 26.2. The van der Waals surface area contributed by atoms with Gasteiger partial charge in [0, 0.05) is 29.0 Å². The number of carbonyl (C=O) groups is 1. The van der Waals surface area contributed by atoms with Crippen molar-refractivity contribution in [2.24, 2.45) is 0 Å². The van der Waals surface area contributed by atoms with E-state index in [1.807, 2.05) is 0 Å². The Balaban J connectivity index is 1.80. The summed E-state index contributed by atoms with van der Waals surface area (Å²) in [7, 11) is 0. The number of carboxylic acids is 1. The molecule has 0 unspecified atom stereocenters. The van der Waals surface area contributed by atoms with E-state index < -0.39 is 53.1 Å². The van der Waals surface area contributed by atoms with Crippen molar-refractivity contribution in [3.05, 3.63) is 93.7 Å². The fraction of sp³-hybridized carbons (Fsp3) is 0.200. The molecule has 1 aliphatic rings. The van der Waals surface area contributed by atoms with Crippen molar-refractivity contribution in [2.75, 3.05) is 0 Å². The van der Waals surface area contributed by atoms with E-state index in [0.717, 1.165) is 18.2 Å². The molecule has 1 heterocycles. The number of carbonyl (C=O) groups excluding carboxylic acids is 1. The van der Waals surface area contributed by atoms with Crippen LogP contribution in [0.4, 0.5) is 30.7 Å². The lowest BCUT2D eigenvalue weighted by molar-refractivity contribution is -0.255. The molecule has 4 nitrogen and oxygen atoms in total. The predicted octanol–water partition coefficient (Wildman–Crippen LogP) is 5.69. The smallest absolute Gasteiger partial charge is 0.417 e. The molecule has 0 amide bonds. The van der Waals surface area contributed by atoms with E-state index >= 15 is 0 Å². The average Bonchev–Trinajstić information content (AvgIpc) is 3.29. The number of rotatable bonds is 6. The number of aromatic carboxylic acids is 1. The van der Waals surface area contributed by atoms with Crippen LogP contribution < -0.4 is 9.84 Å². The molecule has 0 atom stereocenters. The van der Waals surface area contributed by atoms with Gasteiger partial charge in [0.25, 0.3) is 0 Å². The molecule has 0 radical (unpaired) electrons. The number of allylic oxidation sites excluding steroid dienone is 2. The monoisotopic (exact) mass is 510 g/mol. The highest BCUT2D eigenvalue weighted by Gasteiger charge is 2.33. The molecule has 0 spiro atoms. The summed E-state index contributed by atoms with van der Waals surface area (Å²) in [5, 5.41) is 11.2. The number of pyridine rings is 1. The van der Waals surface area contributed by atoms with Crippen molar-refractivity contribution in [1.82, 2.24) is 4.98 Å². The van der Waals surface area contributed by atoms with Gasteiger partial charge in [-0.05, 0) is 60.2 Å². The Bertz CT molecular complexity index is 1380. The molecule has 0 N–H and O–H groups in total. The molecular formula is C25H15F7NO3-. The van der Waals surface area contributed by atoms with Crippen LogP contribution >= 0.6 is 0 Å². The predicted molar refractivity (Wildman–Crippen MR) is 111 cm³/mol. The Morgan fingerprint density at radius 1 is 0.917 bits per heavy atom. The Morgan fingerprint density at radius 2 is 1.61 bits per heavy atom. The van der Waals surface area contributed by atoms with E-state index in [1.54, 1.807) is 0 Å². The molecule has 1 aromatic heterocycles. The molecule has 11 heteroatoms. The van der Waals surface area contributed by atoms with E-state index in [-0.39, 0.29) is 29.0 Å². The second-order valence-corrected chi connectivity index (χ2v) is 8.01. The molecule has 36 heavy (non-hydrogen) atoms. The number of hydrogen-bond acceptors (Lipinski definition) is 4. The van der Waals surface area contributed by atoms with Gasteiger partial charge in [-0.25, -0.2) is 22.5 Å². The molecular weight excluding hydrogens is 495 g/mol. The van der Waals surface area contributed by atoms with Crippen LogP contribution in [-0.4, -0.2) is 11.0 Å². The summed E-state index contributed by atoms with van der Waals surface area (Å²) in [6.45, 7) is -0.664. The van der Waals surface area contributed by atoms with Crippen LogP contribution in [0.25, 0.3) is 11.1 Å². The number of aromatic nitrogens is 1. The first-order valence-electron chi connectivity index (χ1n) is 10.5. The maximum atomic E-state index is 14.0. The van der Waals surface area contributed by atoms with Gasteiger partial charge in [-0.15, -0.1) is 0 Å². The van der Waals surface area contributed by atoms with E-state index in [9.17, 15) is 40.6 Å². The number of alkyl halides is 3. The van der Waals surface area contributed by atoms with Crippen molar-refractivity contribution < 1.29 is 45.4 Å². The van der Waals surface area contributed by atoms with E-state index in [0.29, 0.717) is 42.3 Å². The first-order chi connectivity index (χ1) is 17.0. The fourth-order valence-corrected chi connectivity index (χ4v) is 3.99. The lowest BCUT2D eigenvalue weighted by Crippen LogP contribution is -2.23. The quantitative estimate of drug-likeness (QED) is 0.316. The number of hydrogen-bond donors (Lipinski definition) is 0. The largest absolute Gasteiger partial charge is 0.545 e. The highest BCUT2D eigenvalue weighted by atomic mass is 19.4. The first-order valence-corrected chi connectivity index (χ1v) is 10.5. The van der Waals surface area contributed by atoms with Crippen LogP contribution in [0.1, 0.15) is 51.9 Å². The molecule has 2 aromatic carbocycles. The average molecular weight is 510 g/mol. The number of halogens is 7. The first kappa shape index (κ1) is 25.2. The summed E-state index contributed by atoms with van der Waals surface area (Å²) in [4.78, 5) is 15.0. The standard InChI is InChI=1S/C25H16F7NO3/c26-19-5-4-12(6-18(19)24(34)35)15-2-1-3-16(15)17-8-14(25(30,31)32)10-33-23(17)36-11-13-7-21(28)22(29)9-20(13)27/h4-10H,1-3,11H2,(H,34,35)/p-1. The van der Waals surface area contributed by atoms with Gasteiger partial charge >= 0.3 is 6.18 Å². The number of ether oxygens (including phenoxy) is 1. The molecule has 4 rings (SSSR count). The molecule has 0 bridgehead atoms. The molecule has 0 aliphatic heterocycles. The summed E-state index contributed by atoms with van der Waals surface area (Å²) >= 11 is 0. The summed E-state index contributed by atoms with van der Waals surface area (Å²) < 4.78 is 100. The normalized spacial score (nSPS) is 13.9. The molecule has 1 aliphatic carbocycles. The Kier molecular flexibility index (Phi) is 6.75. The minimum atomic E-state index is -4.76. The van der Waals surface area contributed by atoms with Gasteiger partial charge in [0.1, 0.15) is 18.2 Å². The minimum absolute atomic E-state index is 0.0976. The highest BCUT2D eigenvalue weighted by molar-refractivity contribution is 5.96. The second-order valence-electron chi connectivity index (χ2n) is 8.01. The van der Waals surface area contributed by atoms with E-state index in [4.69, 9.17) is 4.74 Å². The van der Waals surface area contributed by atoms with Crippen LogP contribution in [0.15, 0.2) is 42.6 Å². The Hall–Kier alpha value is -3.89. The van der Waals surface area contributed by atoms with Crippen LogP contribution in [0.3, 0.4) is 0 Å². The Morgan fingerprint density at radius 3 is 2.31 bits per heavy atom. The van der Waals surface area contributed by atoms with Gasteiger partial charge in [0.05, 0.1) is 11.5 Å². The molecule has 3 aromatic rings. The molecule has 188 valence electrons. The maximum absolute atomic E-state index is 14.0. The third-order valence-electron chi connectivity index (χ3n) is 5.71. The van der Waals surface area contributed by atoms with Crippen molar-refractivity contribution in [2.45, 2.75) is 32.0 Å². The zero-order valence-corrected chi connectivity index (χ0v) is 18.2. The third-order valence-corrected chi connectivity index (χ3v) is 5.71. The van der Waals surface area contributed by atoms with Gasteiger partial charge < -0.3 is 14.6 Å². The number of benzene rings is 2.